The molecule has 0 aliphatic heterocycles. The van der Waals surface area contributed by atoms with Crippen molar-refractivity contribution in [2.75, 3.05) is 7.11 Å². The van der Waals surface area contributed by atoms with Crippen LogP contribution in [0.4, 0.5) is 0 Å². The van der Waals surface area contributed by atoms with Gasteiger partial charge in [0.15, 0.2) is 11.5 Å². The standard InChI is InChI=1S/C22H16Cl2N2O4/c1-29-20-11-14(13-25-26-21(27)15-5-3-2-4-6-15)7-10-19(20)30-22(28)16-8-9-17(23)18(24)12-16/h2-13H,1H3,(H,26,27)/b25-13+. The Balaban J connectivity index is 1.69. The molecule has 8 heteroatoms. The van der Waals surface area contributed by atoms with Crippen LogP contribution in [-0.2, 0) is 0 Å². The Morgan fingerprint density at radius 3 is 2.37 bits per heavy atom. The van der Waals surface area contributed by atoms with Crippen LogP contribution < -0.4 is 14.9 Å². The molecule has 30 heavy (non-hydrogen) atoms. The van der Waals surface area contributed by atoms with Gasteiger partial charge in [-0.25, -0.2) is 10.2 Å². The molecule has 3 rings (SSSR count). The fourth-order valence-electron chi connectivity index (χ4n) is 2.45. The first kappa shape index (κ1) is 21.4. The van der Waals surface area contributed by atoms with Crippen LogP contribution in [0.2, 0.25) is 10.0 Å². The summed E-state index contributed by atoms with van der Waals surface area (Å²) >= 11 is 11.8. The van der Waals surface area contributed by atoms with E-state index in [1.807, 2.05) is 6.07 Å². The summed E-state index contributed by atoms with van der Waals surface area (Å²) in [6.07, 6.45) is 1.45. The van der Waals surface area contributed by atoms with Crippen LogP contribution in [0.3, 0.4) is 0 Å². The van der Waals surface area contributed by atoms with E-state index in [1.165, 1.54) is 31.5 Å². The maximum absolute atomic E-state index is 12.4. The van der Waals surface area contributed by atoms with Crippen molar-refractivity contribution in [2.24, 2.45) is 5.10 Å². The minimum absolute atomic E-state index is 0.221. The molecule has 0 heterocycles. The number of esters is 1. The molecule has 0 aliphatic rings. The van der Waals surface area contributed by atoms with Gasteiger partial charge in [-0.3, -0.25) is 4.79 Å². The molecule has 6 nitrogen and oxygen atoms in total. The number of ether oxygens (including phenoxy) is 2. The molecule has 0 spiro atoms. The summed E-state index contributed by atoms with van der Waals surface area (Å²) < 4.78 is 10.7. The lowest BCUT2D eigenvalue weighted by Crippen LogP contribution is -2.17. The smallest absolute Gasteiger partial charge is 0.343 e. The topological polar surface area (TPSA) is 77.0 Å². The molecule has 1 N–H and O–H groups in total. The van der Waals surface area contributed by atoms with E-state index in [-0.39, 0.29) is 22.2 Å². The highest BCUT2D eigenvalue weighted by Gasteiger charge is 2.14. The van der Waals surface area contributed by atoms with Crippen LogP contribution in [0.1, 0.15) is 26.3 Å². The Hall–Kier alpha value is -3.35. The molecule has 0 fully saturated rings. The van der Waals surface area contributed by atoms with Crippen molar-refractivity contribution in [3.63, 3.8) is 0 Å². The molecule has 0 bridgehead atoms. The first-order valence-corrected chi connectivity index (χ1v) is 9.47. The zero-order valence-corrected chi connectivity index (χ0v) is 17.3. The van der Waals surface area contributed by atoms with E-state index in [2.05, 4.69) is 10.5 Å². The highest BCUT2D eigenvalue weighted by molar-refractivity contribution is 6.42. The van der Waals surface area contributed by atoms with E-state index in [9.17, 15) is 9.59 Å². The van der Waals surface area contributed by atoms with Crippen LogP contribution in [0.25, 0.3) is 0 Å². The number of rotatable bonds is 6. The molecule has 0 unspecified atom stereocenters. The first-order chi connectivity index (χ1) is 14.5. The predicted molar refractivity (Wildman–Crippen MR) is 116 cm³/mol. The van der Waals surface area contributed by atoms with Crippen LogP contribution in [0, 0.1) is 0 Å². The molecular weight excluding hydrogens is 427 g/mol. The Bertz CT molecular complexity index is 1100. The lowest BCUT2D eigenvalue weighted by atomic mass is 10.2. The van der Waals surface area contributed by atoms with Crippen LogP contribution in [0.15, 0.2) is 71.8 Å². The van der Waals surface area contributed by atoms with Gasteiger partial charge < -0.3 is 9.47 Å². The third-order valence-corrected chi connectivity index (χ3v) is 4.70. The van der Waals surface area contributed by atoms with E-state index in [0.717, 1.165) is 0 Å². The molecule has 0 radical (unpaired) electrons. The molecule has 1 amide bonds. The van der Waals surface area contributed by atoms with Crippen LogP contribution in [-0.4, -0.2) is 25.2 Å². The maximum atomic E-state index is 12.4. The van der Waals surface area contributed by atoms with Gasteiger partial charge in [-0.1, -0.05) is 41.4 Å². The second-order valence-electron chi connectivity index (χ2n) is 5.99. The van der Waals surface area contributed by atoms with Gasteiger partial charge in [-0.2, -0.15) is 5.10 Å². The summed E-state index contributed by atoms with van der Waals surface area (Å²) in [4.78, 5) is 24.3. The maximum Gasteiger partial charge on any atom is 0.343 e. The number of hydrogen-bond acceptors (Lipinski definition) is 5. The monoisotopic (exact) mass is 442 g/mol. The van der Waals surface area contributed by atoms with Gasteiger partial charge in [0.1, 0.15) is 0 Å². The Morgan fingerprint density at radius 2 is 1.67 bits per heavy atom. The number of methoxy groups -OCH3 is 1. The summed E-state index contributed by atoms with van der Waals surface area (Å²) in [5.74, 6) is -0.393. The number of nitrogens with one attached hydrogen (secondary N) is 1. The number of hydrogen-bond donors (Lipinski definition) is 1. The third kappa shape index (κ3) is 5.37. The Labute approximate surface area is 183 Å². The second-order valence-corrected chi connectivity index (χ2v) is 6.81. The van der Waals surface area contributed by atoms with Crippen LogP contribution >= 0.6 is 23.2 Å². The van der Waals surface area contributed by atoms with Gasteiger partial charge in [0.25, 0.3) is 5.91 Å². The summed E-state index contributed by atoms with van der Waals surface area (Å²) in [6, 6.07) is 18.0. The fraction of sp³-hybridized carbons (Fsp3) is 0.0455. The van der Waals surface area contributed by atoms with Crippen LogP contribution in [0.5, 0.6) is 11.5 Å². The van der Waals surface area contributed by atoms with Gasteiger partial charge in [-0.05, 0) is 54.1 Å². The molecule has 3 aromatic carbocycles. The van der Waals surface area contributed by atoms with Crippen molar-refractivity contribution in [3.8, 4) is 11.5 Å². The Kier molecular flexibility index (Phi) is 7.06. The minimum atomic E-state index is -0.608. The van der Waals surface area contributed by atoms with E-state index in [0.29, 0.717) is 21.9 Å². The molecule has 152 valence electrons. The molecule has 3 aromatic rings. The average Bonchev–Trinajstić information content (AvgIpc) is 2.77. The van der Waals surface area contributed by atoms with Crippen molar-refractivity contribution in [3.05, 3.63) is 93.5 Å². The quantitative estimate of drug-likeness (QED) is 0.252. The number of halogens is 2. The number of carbonyl (C=O) groups is 2. The van der Waals surface area contributed by atoms with E-state index < -0.39 is 5.97 Å². The summed E-state index contributed by atoms with van der Waals surface area (Å²) in [6.45, 7) is 0. The Morgan fingerprint density at radius 1 is 0.900 bits per heavy atom. The minimum Gasteiger partial charge on any atom is -0.493 e. The summed E-state index contributed by atoms with van der Waals surface area (Å²) in [5.41, 5.74) is 3.83. The SMILES string of the molecule is COc1cc(/C=N/NC(=O)c2ccccc2)ccc1OC(=O)c1ccc(Cl)c(Cl)c1. The predicted octanol–water partition coefficient (Wildman–Crippen LogP) is 4.99. The molecule has 0 saturated heterocycles. The van der Waals surface area contributed by atoms with Gasteiger partial charge in [-0.15, -0.1) is 0 Å². The number of nitrogens with zero attached hydrogens (tertiary/aromatic N) is 1. The van der Waals surface area contributed by atoms with Gasteiger partial charge in [0.05, 0.1) is 28.9 Å². The number of hydrazone groups is 1. The van der Waals surface area contributed by atoms with E-state index in [1.54, 1.807) is 42.5 Å². The summed E-state index contributed by atoms with van der Waals surface area (Å²) in [5, 5.41) is 4.53. The molecule has 0 saturated carbocycles. The first-order valence-electron chi connectivity index (χ1n) is 8.71. The highest BCUT2D eigenvalue weighted by atomic mass is 35.5. The molecule has 0 atom stereocenters. The van der Waals surface area contributed by atoms with Crippen molar-refractivity contribution in [2.45, 2.75) is 0 Å². The lowest BCUT2D eigenvalue weighted by molar-refractivity contribution is 0.0729. The molecule has 0 aliphatic carbocycles. The largest absolute Gasteiger partial charge is 0.493 e. The zero-order chi connectivity index (χ0) is 21.5. The average molecular weight is 443 g/mol. The lowest BCUT2D eigenvalue weighted by Gasteiger charge is -2.10. The number of amides is 1. The van der Waals surface area contributed by atoms with Crippen molar-refractivity contribution >= 4 is 41.3 Å². The normalized spacial score (nSPS) is 10.6. The van der Waals surface area contributed by atoms with Crippen molar-refractivity contribution in [1.29, 1.82) is 0 Å². The number of benzene rings is 3. The molecule has 0 aromatic heterocycles. The van der Waals surface area contributed by atoms with Gasteiger partial charge >= 0.3 is 5.97 Å². The zero-order valence-electron chi connectivity index (χ0n) is 15.8. The second kappa shape index (κ2) is 9.91. The number of carbonyl (C=O) groups excluding carboxylic acids is 2. The van der Waals surface area contributed by atoms with E-state index >= 15 is 0 Å². The molecular formula is C22H16Cl2N2O4. The van der Waals surface area contributed by atoms with Crippen molar-refractivity contribution < 1.29 is 19.1 Å². The highest BCUT2D eigenvalue weighted by Crippen LogP contribution is 2.29. The van der Waals surface area contributed by atoms with E-state index in [4.69, 9.17) is 32.7 Å². The van der Waals surface area contributed by atoms with Gasteiger partial charge in [0.2, 0.25) is 0 Å². The van der Waals surface area contributed by atoms with Crippen molar-refractivity contribution in [1.82, 2.24) is 5.43 Å². The summed E-state index contributed by atoms with van der Waals surface area (Å²) in [7, 11) is 1.45. The van der Waals surface area contributed by atoms with Gasteiger partial charge in [0, 0.05) is 5.56 Å². The third-order valence-electron chi connectivity index (χ3n) is 3.96. The fourth-order valence-corrected chi connectivity index (χ4v) is 2.75.